The first-order valence-electron chi connectivity index (χ1n) is 7.33. The maximum absolute atomic E-state index is 12.0. The van der Waals surface area contributed by atoms with Crippen LogP contribution >= 0.6 is 11.6 Å². The average Bonchev–Trinajstić information content (AvgIpc) is 2.50. The highest BCUT2D eigenvalue weighted by molar-refractivity contribution is 6.31. The van der Waals surface area contributed by atoms with Gasteiger partial charge in [0.1, 0.15) is 6.42 Å². The van der Waals surface area contributed by atoms with E-state index >= 15 is 0 Å². The number of nitrogens with one attached hydrogen (secondary N) is 2. The molecule has 2 aromatic carbocycles. The highest BCUT2D eigenvalue weighted by Crippen LogP contribution is 2.17. The summed E-state index contributed by atoms with van der Waals surface area (Å²) in [6.07, 6.45) is -0.224. The fraction of sp³-hybridized carbons (Fsp3) is 0.222. The van der Waals surface area contributed by atoms with Gasteiger partial charge in [-0.15, -0.1) is 0 Å². The maximum atomic E-state index is 12.0. The van der Waals surface area contributed by atoms with Crippen molar-refractivity contribution >= 4 is 29.1 Å². The summed E-state index contributed by atoms with van der Waals surface area (Å²) < 4.78 is 0. The van der Waals surface area contributed by atoms with Crippen molar-refractivity contribution in [2.45, 2.75) is 26.8 Å². The summed E-state index contributed by atoms with van der Waals surface area (Å²) in [5.74, 6) is -0.678. The van der Waals surface area contributed by atoms with Gasteiger partial charge in [-0.2, -0.15) is 0 Å². The molecule has 0 saturated carbocycles. The maximum Gasteiger partial charge on any atom is 0.233 e. The van der Waals surface area contributed by atoms with Crippen LogP contribution in [0, 0.1) is 13.8 Å². The summed E-state index contributed by atoms with van der Waals surface area (Å²) in [5, 5.41) is 6.05. The molecule has 0 aliphatic heterocycles. The third-order valence-corrected chi connectivity index (χ3v) is 3.79. The molecule has 0 aromatic heterocycles. The first-order valence-corrected chi connectivity index (χ1v) is 7.70. The van der Waals surface area contributed by atoms with Crippen molar-refractivity contribution in [3.8, 4) is 0 Å². The van der Waals surface area contributed by atoms with Crippen LogP contribution in [0.25, 0.3) is 0 Å². The number of anilines is 1. The molecule has 0 radical (unpaired) electrons. The minimum atomic E-state index is -0.340. The predicted molar refractivity (Wildman–Crippen MR) is 92.5 cm³/mol. The third-order valence-electron chi connectivity index (χ3n) is 3.42. The molecule has 120 valence electrons. The minimum absolute atomic E-state index is 0.224. The van der Waals surface area contributed by atoms with E-state index in [9.17, 15) is 9.59 Å². The van der Waals surface area contributed by atoms with E-state index in [4.69, 9.17) is 11.6 Å². The minimum Gasteiger partial charge on any atom is -0.352 e. The number of rotatable bonds is 5. The van der Waals surface area contributed by atoms with E-state index in [2.05, 4.69) is 10.6 Å². The van der Waals surface area contributed by atoms with Gasteiger partial charge in [-0.05, 0) is 42.7 Å². The molecule has 2 amide bonds. The Kier molecular flexibility index (Phi) is 5.77. The van der Waals surface area contributed by atoms with Crippen molar-refractivity contribution < 1.29 is 9.59 Å². The van der Waals surface area contributed by atoms with E-state index in [-0.39, 0.29) is 18.2 Å². The Balaban J connectivity index is 1.86. The Bertz CT molecular complexity index is 729. The van der Waals surface area contributed by atoms with Crippen LogP contribution in [0.2, 0.25) is 5.02 Å². The Hall–Kier alpha value is -2.33. The largest absolute Gasteiger partial charge is 0.352 e. The van der Waals surface area contributed by atoms with Crippen molar-refractivity contribution in [1.29, 1.82) is 0 Å². The van der Waals surface area contributed by atoms with Gasteiger partial charge in [0, 0.05) is 17.3 Å². The van der Waals surface area contributed by atoms with E-state index < -0.39 is 0 Å². The van der Waals surface area contributed by atoms with Crippen molar-refractivity contribution in [2.24, 2.45) is 0 Å². The van der Waals surface area contributed by atoms with E-state index in [0.717, 1.165) is 22.4 Å². The number of hydrogen-bond acceptors (Lipinski definition) is 2. The second-order valence-corrected chi connectivity index (χ2v) is 5.82. The molecular weight excluding hydrogens is 312 g/mol. The molecule has 0 spiro atoms. The Morgan fingerprint density at radius 3 is 2.52 bits per heavy atom. The molecule has 0 heterocycles. The zero-order valence-corrected chi connectivity index (χ0v) is 13.9. The van der Waals surface area contributed by atoms with Crippen molar-refractivity contribution in [2.75, 3.05) is 5.32 Å². The molecule has 0 fully saturated rings. The molecule has 2 N–H and O–H groups in total. The van der Waals surface area contributed by atoms with Crippen LogP contribution in [0.3, 0.4) is 0 Å². The summed E-state index contributed by atoms with van der Waals surface area (Å²) >= 11 is 6.02. The molecule has 0 aliphatic carbocycles. The van der Waals surface area contributed by atoms with Crippen molar-refractivity contribution in [3.05, 3.63) is 64.2 Å². The van der Waals surface area contributed by atoms with Crippen LogP contribution in [-0.4, -0.2) is 11.8 Å². The fourth-order valence-electron chi connectivity index (χ4n) is 2.11. The molecule has 2 rings (SSSR count). The number of amides is 2. The predicted octanol–water partition coefficient (Wildman–Crippen LogP) is 3.60. The van der Waals surface area contributed by atoms with Crippen LogP contribution in [0.4, 0.5) is 5.69 Å². The second kappa shape index (κ2) is 7.79. The van der Waals surface area contributed by atoms with Gasteiger partial charge in [0.25, 0.3) is 0 Å². The molecular formula is C18H19ClN2O2. The van der Waals surface area contributed by atoms with Crippen LogP contribution in [-0.2, 0) is 16.1 Å². The molecule has 0 bridgehead atoms. The zero-order chi connectivity index (χ0) is 16.8. The number of benzene rings is 2. The third kappa shape index (κ3) is 5.11. The van der Waals surface area contributed by atoms with Gasteiger partial charge in [0.05, 0.1) is 0 Å². The van der Waals surface area contributed by atoms with E-state index in [1.165, 1.54) is 0 Å². The quantitative estimate of drug-likeness (QED) is 0.823. The molecule has 0 aliphatic rings. The highest BCUT2D eigenvalue weighted by Gasteiger charge is 2.11. The van der Waals surface area contributed by atoms with Crippen molar-refractivity contribution in [3.63, 3.8) is 0 Å². The monoisotopic (exact) mass is 330 g/mol. The smallest absolute Gasteiger partial charge is 0.233 e. The van der Waals surface area contributed by atoms with Gasteiger partial charge in [0.2, 0.25) is 11.8 Å². The number of aryl methyl sites for hydroxylation is 2. The zero-order valence-electron chi connectivity index (χ0n) is 13.2. The summed E-state index contributed by atoms with van der Waals surface area (Å²) in [5.41, 5.74) is 3.56. The fourth-order valence-corrected chi connectivity index (χ4v) is 2.31. The number of halogens is 1. The Labute approximate surface area is 140 Å². The highest BCUT2D eigenvalue weighted by atomic mass is 35.5. The van der Waals surface area contributed by atoms with E-state index in [0.29, 0.717) is 11.6 Å². The molecule has 5 heteroatoms. The van der Waals surface area contributed by atoms with Crippen LogP contribution < -0.4 is 10.6 Å². The van der Waals surface area contributed by atoms with Gasteiger partial charge in [0.15, 0.2) is 0 Å². The molecule has 23 heavy (non-hydrogen) atoms. The van der Waals surface area contributed by atoms with Gasteiger partial charge >= 0.3 is 0 Å². The standard InChI is InChI=1S/C18H19ClN2O2/c1-12-7-8-13(2)16(9-12)21-18(23)10-17(22)20-11-14-5-3-4-6-15(14)19/h3-9H,10-11H2,1-2H3,(H,20,22)(H,21,23). The summed E-state index contributed by atoms with van der Waals surface area (Å²) in [6, 6.07) is 13.1. The van der Waals surface area contributed by atoms with Crippen LogP contribution in [0.1, 0.15) is 23.1 Å². The van der Waals surface area contributed by atoms with Gasteiger partial charge in [-0.1, -0.05) is 41.9 Å². The number of hydrogen-bond donors (Lipinski definition) is 2. The number of carbonyl (C=O) groups is 2. The Morgan fingerprint density at radius 1 is 1.04 bits per heavy atom. The molecule has 4 nitrogen and oxygen atoms in total. The number of carbonyl (C=O) groups excluding carboxylic acids is 2. The summed E-state index contributed by atoms with van der Waals surface area (Å²) in [7, 11) is 0. The molecule has 0 unspecified atom stereocenters. The second-order valence-electron chi connectivity index (χ2n) is 5.41. The first-order chi connectivity index (χ1) is 11.0. The molecule has 0 saturated heterocycles. The Morgan fingerprint density at radius 2 is 1.78 bits per heavy atom. The lowest BCUT2D eigenvalue weighted by Crippen LogP contribution is -2.28. The van der Waals surface area contributed by atoms with Gasteiger partial charge in [-0.3, -0.25) is 9.59 Å². The summed E-state index contributed by atoms with van der Waals surface area (Å²) in [4.78, 5) is 23.8. The van der Waals surface area contributed by atoms with Gasteiger partial charge in [-0.25, -0.2) is 0 Å². The van der Waals surface area contributed by atoms with Crippen LogP contribution in [0.15, 0.2) is 42.5 Å². The van der Waals surface area contributed by atoms with E-state index in [1.54, 1.807) is 6.07 Å². The van der Waals surface area contributed by atoms with Crippen molar-refractivity contribution in [1.82, 2.24) is 5.32 Å². The summed E-state index contributed by atoms with van der Waals surface area (Å²) in [6.45, 7) is 4.16. The molecule has 2 aromatic rings. The van der Waals surface area contributed by atoms with E-state index in [1.807, 2.05) is 50.2 Å². The topological polar surface area (TPSA) is 58.2 Å². The molecule has 0 atom stereocenters. The average molecular weight is 331 g/mol. The lowest BCUT2D eigenvalue weighted by Gasteiger charge is -2.10. The van der Waals surface area contributed by atoms with Gasteiger partial charge < -0.3 is 10.6 Å². The first kappa shape index (κ1) is 17.0. The normalized spacial score (nSPS) is 10.2. The SMILES string of the molecule is Cc1ccc(C)c(NC(=O)CC(=O)NCc2ccccc2Cl)c1. The lowest BCUT2D eigenvalue weighted by molar-refractivity contribution is -0.126. The van der Waals surface area contributed by atoms with Crippen LogP contribution in [0.5, 0.6) is 0 Å². The lowest BCUT2D eigenvalue weighted by atomic mass is 10.1.